The van der Waals surface area contributed by atoms with E-state index in [-0.39, 0.29) is 0 Å². The number of urea groups is 1. The quantitative estimate of drug-likeness (QED) is 0.207. The number of fused-ring (bicyclic) bond motifs is 2. The van der Waals surface area contributed by atoms with E-state index in [4.69, 9.17) is 0 Å². The Kier molecular flexibility index (Phi) is 14.2. The topological polar surface area (TPSA) is 97.0 Å². The lowest BCUT2D eigenvalue weighted by atomic mass is 9.99. The van der Waals surface area contributed by atoms with Gasteiger partial charge in [0.2, 0.25) is 0 Å². The lowest BCUT2D eigenvalue weighted by molar-refractivity contribution is 0.255. The molecule has 2 amide bonds. The number of aryl methyl sites for hydroxylation is 2. The third-order valence-electron chi connectivity index (χ3n) is 8.73. The van der Waals surface area contributed by atoms with Gasteiger partial charge in [-0.1, -0.05) is 66.7 Å². The first-order valence-electron chi connectivity index (χ1n) is 17.0. The molecule has 9 nitrogen and oxygen atoms in total. The lowest BCUT2D eigenvalue weighted by Gasteiger charge is -2.24. The highest BCUT2D eigenvalue weighted by atomic mass is 32.2. The summed E-state index contributed by atoms with van der Waals surface area (Å²) >= 11 is 0. The number of nitrogens with one attached hydrogen (secondary N) is 3. The molecule has 3 aromatic carbocycles. The molecular weight excluding hydrogens is 609 g/mol. The number of rotatable bonds is 15. The van der Waals surface area contributed by atoms with Crippen molar-refractivity contribution in [2.75, 3.05) is 72.8 Å². The molecule has 0 aromatic heterocycles. The summed E-state index contributed by atoms with van der Waals surface area (Å²) in [5.74, 6) is 0. The van der Waals surface area contributed by atoms with Crippen molar-refractivity contribution in [1.82, 2.24) is 24.1 Å². The molecule has 256 valence electrons. The summed E-state index contributed by atoms with van der Waals surface area (Å²) in [7, 11) is 4.00. The molecule has 0 bridgehead atoms. The molecule has 0 saturated heterocycles. The second kappa shape index (κ2) is 18.3. The van der Waals surface area contributed by atoms with Crippen LogP contribution >= 0.6 is 0 Å². The van der Waals surface area contributed by atoms with Gasteiger partial charge in [0, 0.05) is 38.4 Å². The van der Waals surface area contributed by atoms with Crippen LogP contribution in [0.25, 0.3) is 0 Å². The molecule has 2 aliphatic carbocycles. The minimum atomic E-state index is -3.99. The third kappa shape index (κ3) is 11.7. The molecule has 3 N–H and O–H groups in total. The van der Waals surface area contributed by atoms with Gasteiger partial charge in [-0.3, -0.25) is 0 Å². The van der Waals surface area contributed by atoms with Gasteiger partial charge in [-0.2, -0.15) is 12.7 Å². The van der Waals surface area contributed by atoms with Crippen molar-refractivity contribution in [2.24, 2.45) is 0 Å². The van der Waals surface area contributed by atoms with Crippen molar-refractivity contribution in [3.63, 3.8) is 0 Å². The number of hydrogen-bond donors (Lipinski definition) is 3. The van der Waals surface area contributed by atoms with Gasteiger partial charge in [0.25, 0.3) is 0 Å². The van der Waals surface area contributed by atoms with E-state index in [1.807, 2.05) is 49.3 Å². The minimum Gasteiger partial charge on any atom is -0.315 e. The molecule has 0 atom stereocenters. The summed E-state index contributed by atoms with van der Waals surface area (Å²) in [5, 5.41) is 6.35. The van der Waals surface area contributed by atoms with Gasteiger partial charge in [0.15, 0.2) is 0 Å². The molecule has 0 radical (unpaired) electrons. The van der Waals surface area contributed by atoms with Gasteiger partial charge in [0.05, 0.1) is 0 Å². The van der Waals surface area contributed by atoms with Crippen LogP contribution in [0.15, 0.2) is 66.7 Å². The highest BCUT2D eigenvalue weighted by Gasteiger charge is 2.28. The maximum Gasteiger partial charge on any atom is 0.333 e. The number of anilines is 1. The maximum atomic E-state index is 13.2. The van der Waals surface area contributed by atoms with Gasteiger partial charge in [-0.15, -0.1) is 0 Å². The van der Waals surface area contributed by atoms with Gasteiger partial charge < -0.3 is 20.4 Å². The maximum absolute atomic E-state index is 13.2. The van der Waals surface area contributed by atoms with Crippen LogP contribution in [0.2, 0.25) is 0 Å². The Hall–Kier alpha value is -3.28. The molecule has 0 heterocycles. The van der Waals surface area contributed by atoms with Crippen LogP contribution < -0.4 is 15.4 Å². The zero-order chi connectivity index (χ0) is 33.6. The van der Waals surface area contributed by atoms with Crippen LogP contribution in [-0.4, -0.2) is 96.0 Å². The number of hydrogen-bond acceptors (Lipinski definition) is 6. The standard InChI is InChI=1S/C25H34N4O3S.C12H20N2/c1-28(2)16-17-29(15-14-19-8-4-3-5-9-19)33(31,32)27-25(30)26-24-22-12-6-10-20(22)18-21-11-7-13-23(21)24;1-14(2)11-10-13-9-8-12-6-4-3-5-7-12/h3-5,8-9,18H,6-7,10-17H2,1-2H3,(H2,26,27,30);3-7,13H,8-11H2,1-2H3. The summed E-state index contributed by atoms with van der Waals surface area (Å²) in [6, 6.07) is 22.0. The van der Waals surface area contributed by atoms with E-state index in [0.717, 1.165) is 75.8 Å². The Morgan fingerprint density at radius 1 is 0.681 bits per heavy atom. The Bertz CT molecular complexity index is 1480. The molecule has 0 aliphatic heterocycles. The number of amides is 2. The van der Waals surface area contributed by atoms with E-state index in [9.17, 15) is 13.2 Å². The van der Waals surface area contributed by atoms with Crippen molar-refractivity contribution in [3.8, 4) is 0 Å². The Balaban J connectivity index is 0.000000300. The first-order valence-corrected chi connectivity index (χ1v) is 18.4. The van der Waals surface area contributed by atoms with Crippen molar-refractivity contribution in [1.29, 1.82) is 0 Å². The minimum absolute atomic E-state index is 0.302. The summed E-state index contributed by atoms with van der Waals surface area (Å²) in [4.78, 5) is 17.0. The first kappa shape index (κ1) is 36.6. The fraction of sp³-hybridized carbons (Fsp3) is 0.486. The van der Waals surface area contributed by atoms with Crippen molar-refractivity contribution in [3.05, 3.63) is 100 Å². The van der Waals surface area contributed by atoms with Crippen molar-refractivity contribution in [2.45, 2.75) is 51.4 Å². The van der Waals surface area contributed by atoms with Crippen LogP contribution in [0.3, 0.4) is 0 Å². The molecule has 0 unspecified atom stereocenters. The second-order valence-corrected chi connectivity index (χ2v) is 14.7. The van der Waals surface area contributed by atoms with E-state index >= 15 is 0 Å². The van der Waals surface area contributed by atoms with E-state index in [1.165, 1.54) is 32.1 Å². The SMILES string of the molecule is CN(C)CCN(CCc1ccccc1)S(=O)(=O)NC(=O)Nc1c2c(cc3c1CCC3)CCC2.CN(C)CCNCCc1ccccc1. The highest BCUT2D eigenvalue weighted by Crippen LogP contribution is 2.38. The number of likely N-dealkylation sites (N-methyl/N-ethyl adjacent to an activating group) is 2. The lowest BCUT2D eigenvalue weighted by Crippen LogP contribution is -2.47. The largest absolute Gasteiger partial charge is 0.333 e. The molecule has 0 spiro atoms. The smallest absolute Gasteiger partial charge is 0.315 e. The number of benzene rings is 3. The highest BCUT2D eigenvalue weighted by molar-refractivity contribution is 7.87. The summed E-state index contributed by atoms with van der Waals surface area (Å²) in [5.41, 5.74) is 8.25. The fourth-order valence-corrected chi connectivity index (χ4v) is 7.22. The van der Waals surface area contributed by atoms with Crippen LogP contribution in [-0.2, 0) is 48.7 Å². The molecule has 0 fully saturated rings. The van der Waals surface area contributed by atoms with E-state index in [0.29, 0.717) is 26.1 Å². The van der Waals surface area contributed by atoms with Gasteiger partial charge in [0.1, 0.15) is 0 Å². The average Bonchev–Trinajstić information content (AvgIpc) is 3.71. The molecule has 5 rings (SSSR count). The Labute approximate surface area is 282 Å². The number of nitrogens with zero attached hydrogens (tertiary/aromatic N) is 3. The molecule has 0 saturated carbocycles. The van der Waals surface area contributed by atoms with Crippen molar-refractivity contribution < 1.29 is 13.2 Å². The van der Waals surface area contributed by atoms with Crippen LogP contribution in [0.1, 0.15) is 46.2 Å². The monoisotopic (exact) mass is 662 g/mol. The third-order valence-corrected chi connectivity index (χ3v) is 10.2. The molecule has 3 aromatic rings. The fourth-order valence-electron chi connectivity index (χ4n) is 6.16. The first-order chi connectivity index (χ1) is 22.6. The predicted octanol–water partition coefficient (Wildman–Crippen LogP) is 4.52. The Morgan fingerprint density at radius 3 is 1.79 bits per heavy atom. The molecule has 10 heteroatoms. The normalized spacial score (nSPS) is 13.8. The second-order valence-electron chi connectivity index (χ2n) is 13.0. The summed E-state index contributed by atoms with van der Waals surface area (Å²) in [6.07, 6.45) is 7.75. The summed E-state index contributed by atoms with van der Waals surface area (Å²) in [6.45, 7) is 4.42. The predicted molar refractivity (Wildman–Crippen MR) is 193 cm³/mol. The van der Waals surface area contributed by atoms with Gasteiger partial charge >= 0.3 is 16.2 Å². The van der Waals surface area contributed by atoms with Crippen LogP contribution in [0, 0.1) is 0 Å². The summed E-state index contributed by atoms with van der Waals surface area (Å²) < 4.78 is 30.0. The van der Waals surface area contributed by atoms with Crippen molar-refractivity contribution >= 4 is 21.9 Å². The van der Waals surface area contributed by atoms with Crippen LogP contribution in [0.4, 0.5) is 10.5 Å². The van der Waals surface area contributed by atoms with E-state index in [2.05, 4.69) is 70.7 Å². The zero-order valence-electron chi connectivity index (χ0n) is 28.7. The average molecular weight is 663 g/mol. The van der Waals surface area contributed by atoms with Gasteiger partial charge in [-0.25, -0.2) is 9.52 Å². The van der Waals surface area contributed by atoms with Gasteiger partial charge in [-0.05, 0) is 119 Å². The molecule has 2 aliphatic rings. The Morgan fingerprint density at radius 2 is 1.23 bits per heavy atom. The van der Waals surface area contributed by atoms with Crippen LogP contribution in [0.5, 0.6) is 0 Å². The zero-order valence-corrected chi connectivity index (χ0v) is 29.5. The van der Waals surface area contributed by atoms with E-state index < -0.39 is 16.2 Å². The van der Waals surface area contributed by atoms with E-state index in [1.54, 1.807) is 0 Å². The number of carbonyl (C=O) groups is 1. The molecule has 47 heavy (non-hydrogen) atoms. The molecular formula is C37H54N6O3S. The number of carbonyl (C=O) groups excluding carboxylic acids is 1.